The SMILES string of the molecule is CCC(=O)Nc1ccc(NC(=O)CCCCC2CCSS2)cc1. The Morgan fingerprint density at radius 1 is 1.09 bits per heavy atom. The summed E-state index contributed by atoms with van der Waals surface area (Å²) in [6, 6.07) is 7.24. The standard InChI is InChI=1S/C17H24N2O2S2/c1-2-16(20)18-13-7-9-14(10-8-13)19-17(21)6-4-3-5-15-11-12-22-23-15/h7-10,15H,2-6,11-12H2,1H3,(H,18,20)(H,19,21). The molecular formula is C17H24N2O2S2. The Labute approximate surface area is 146 Å². The van der Waals surface area contributed by atoms with Gasteiger partial charge in [0.05, 0.1) is 0 Å². The third kappa shape index (κ3) is 6.87. The molecule has 2 N–H and O–H groups in total. The first-order chi connectivity index (χ1) is 11.2. The number of nitrogens with one attached hydrogen (secondary N) is 2. The summed E-state index contributed by atoms with van der Waals surface area (Å²) in [5, 5.41) is 6.48. The lowest BCUT2D eigenvalue weighted by molar-refractivity contribution is -0.117. The topological polar surface area (TPSA) is 58.2 Å². The molecule has 23 heavy (non-hydrogen) atoms. The van der Waals surface area contributed by atoms with Gasteiger partial charge >= 0.3 is 0 Å². The van der Waals surface area contributed by atoms with E-state index in [0.717, 1.165) is 29.5 Å². The van der Waals surface area contributed by atoms with Crippen molar-refractivity contribution < 1.29 is 9.59 Å². The van der Waals surface area contributed by atoms with Gasteiger partial charge < -0.3 is 10.6 Å². The highest BCUT2D eigenvalue weighted by molar-refractivity contribution is 8.77. The summed E-state index contributed by atoms with van der Waals surface area (Å²) >= 11 is 0. The molecule has 1 aromatic carbocycles. The van der Waals surface area contributed by atoms with Crippen LogP contribution in [-0.4, -0.2) is 22.8 Å². The van der Waals surface area contributed by atoms with Crippen LogP contribution in [-0.2, 0) is 9.59 Å². The molecule has 0 saturated carbocycles. The number of carbonyl (C=O) groups is 2. The maximum atomic E-state index is 11.9. The lowest BCUT2D eigenvalue weighted by Gasteiger charge is -2.08. The number of unbranched alkanes of at least 4 members (excludes halogenated alkanes) is 1. The number of anilines is 2. The normalized spacial score (nSPS) is 17.0. The maximum Gasteiger partial charge on any atom is 0.224 e. The first kappa shape index (κ1) is 18.2. The average Bonchev–Trinajstić information content (AvgIpc) is 3.07. The molecule has 0 aliphatic carbocycles. The van der Waals surface area contributed by atoms with Gasteiger partial charge in [0, 0.05) is 35.2 Å². The first-order valence-electron chi connectivity index (χ1n) is 8.15. The molecule has 0 radical (unpaired) electrons. The van der Waals surface area contributed by atoms with Gasteiger partial charge in [-0.2, -0.15) is 0 Å². The summed E-state index contributed by atoms with van der Waals surface area (Å²) in [5.74, 6) is 1.31. The number of hydrogen-bond acceptors (Lipinski definition) is 4. The van der Waals surface area contributed by atoms with Crippen molar-refractivity contribution in [2.75, 3.05) is 16.4 Å². The van der Waals surface area contributed by atoms with Gasteiger partial charge in [0.2, 0.25) is 11.8 Å². The van der Waals surface area contributed by atoms with Crippen LogP contribution in [0.2, 0.25) is 0 Å². The third-order valence-corrected chi connectivity index (χ3v) is 6.69. The van der Waals surface area contributed by atoms with E-state index in [1.54, 1.807) is 12.1 Å². The number of hydrogen-bond donors (Lipinski definition) is 2. The van der Waals surface area contributed by atoms with Gasteiger partial charge in [-0.25, -0.2) is 0 Å². The summed E-state index contributed by atoms with van der Waals surface area (Å²) in [6.07, 6.45) is 5.61. The monoisotopic (exact) mass is 352 g/mol. The summed E-state index contributed by atoms with van der Waals surface area (Å²) in [4.78, 5) is 23.2. The van der Waals surface area contributed by atoms with E-state index in [2.05, 4.69) is 10.6 Å². The smallest absolute Gasteiger partial charge is 0.224 e. The second-order valence-corrected chi connectivity index (χ2v) is 8.39. The summed E-state index contributed by atoms with van der Waals surface area (Å²) in [6.45, 7) is 1.81. The quantitative estimate of drug-likeness (QED) is 0.526. The molecule has 1 saturated heterocycles. The second kappa shape index (κ2) is 9.88. The maximum absolute atomic E-state index is 11.9. The Hall–Kier alpha value is -1.14. The van der Waals surface area contributed by atoms with Crippen LogP contribution in [0.25, 0.3) is 0 Å². The Bertz CT molecular complexity index is 514. The van der Waals surface area contributed by atoms with Crippen molar-refractivity contribution in [2.45, 2.75) is 50.7 Å². The lowest BCUT2D eigenvalue weighted by atomic mass is 10.1. The average molecular weight is 353 g/mol. The van der Waals surface area contributed by atoms with Crippen molar-refractivity contribution in [2.24, 2.45) is 0 Å². The molecule has 0 spiro atoms. The van der Waals surface area contributed by atoms with Gasteiger partial charge in [0.1, 0.15) is 0 Å². The van der Waals surface area contributed by atoms with Gasteiger partial charge in [-0.05, 0) is 43.5 Å². The number of carbonyl (C=O) groups excluding carboxylic acids is 2. The Morgan fingerprint density at radius 3 is 2.30 bits per heavy atom. The van der Waals surface area contributed by atoms with E-state index in [9.17, 15) is 9.59 Å². The van der Waals surface area contributed by atoms with Crippen LogP contribution >= 0.6 is 21.6 Å². The second-order valence-electron chi connectivity index (χ2n) is 5.60. The molecule has 1 aromatic rings. The molecule has 0 aromatic heterocycles. The van der Waals surface area contributed by atoms with Crippen LogP contribution in [0, 0.1) is 0 Å². The van der Waals surface area contributed by atoms with Gasteiger partial charge in [-0.15, -0.1) is 0 Å². The van der Waals surface area contributed by atoms with Crippen molar-refractivity contribution in [1.29, 1.82) is 0 Å². The van der Waals surface area contributed by atoms with E-state index < -0.39 is 0 Å². The van der Waals surface area contributed by atoms with Crippen molar-refractivity contribution in [1.82, 2.24) is 0 Å². The zero-order valence-corrected chi connectivity index (χ0v) is 15.1. The van der Waals surface area contributed by atoms with Crippen LogP contribution in [0.1, 0.15) is 45.4 Å². The molecule has 2 amide bonds. The number of rotatable bonds is 8. The highest BCUT2D eigenvalue weighted by Crippen LogP contribution is 2.39. The van der Waals surface area contributed by atoms with Crippen LogP contribution in [0.15, 0.2) is 24.3 Å². The Morgan fingerprint density at radius 2 is 1.74 bits per heavy atom. The molecular weight excluding hydrogens is 328 g/mol. The third-order valence-electron chi connectivity index (χ3n) is 3.68. The molecule has 6 heteroatoms. The molecule has 1 aliphatic rings. The van der Waals surface area contributed by atoms with Gasteiger partial charge in [0.15, 0.2) is 0 Å². The van der Waals surface area contributed by atoms with E-state index in [0.29, 0.717) is 12.8 Å². The fourth-order valence-corrected chi connectivity index (χ4v) is 5.36. The molecule has 1 atom stereocenters. The lowest BCUT2D eigenvalue weighted by Crippen LogP contribution is -2.12. The summed E-state index contributed by atoms with van der Waals surface area (Å²) in [5.41, 5.74) is 1.52. The van der Waals surface area contributed by atoms with Crippen LogP contribution < -0.4 is 10.6 Å². The zero-order valence-electron chi connectivity index (χ0n) is 13.5. The van der Waals surface area contributed by atoms with Crippen molar-refractivity contribution in [3.63, 3.8) is 0 Å². The predicted molar refractivity (Wildman–Crippen MR) is 101 cm³/mol. The molecule has 126 valence electrons. The van der Waals surface area contributed by atoms with Gasteiger partial charge in [0.25, 0.3) is 0 Å². The van der Waals surface area contributed by atoms with Gasteiger partial charge in [-0.1, -0.05) is 34.9 Å². The van der Waals surface area contributed by atoms with Crippen molar-refractivity contribution >= 4 is 44.8 Å². The predicted octanol–water partition coefficient (Wildman–Crippen LogP) is 4.69. The fourth-order valence-electron chi connectivity index (χ4n) is 2.33. The Kier molecular flexibility index (Phi) is 7.82. The molecule has 0 bridgehead atoms. The summed E-state index contributed by atoms with van der Waals surface area (Å²) in [7, 11) is 3.96. The van der Waals surface area contributed by atoms with E-state index in [-0.39, 0.29) is 11.8 Å². The minimum Gasteiger partial charge on any atom is -0.326 e. The van der Waals surface area contributed by atoms with Crippen LogP contribution in [0.3, 0.4) is 0 Å². The highest BCUT2D eigenvalue weighted by atomic mass is 33.1. The highest BCUT2D eigenvalue weighted by Gasteiger charge is 2.15. The van der Waals surface area contributed by atoms with E-state index in [1.165, 1.54) is 18.6 Å². The first-order valence-corrected chi connectivity index (χ1v) is 10.5. The van der Waals surface area contributed by atoms with E-state index in [4.69, 9.17) is 0 Å². The zero-order chi connectivity index (χ0) is 16.5. The largest absolute Gasteiger partial charge is 0.326 e. The minimum atomic E-state index is -0.0133. The van der Waals surface area contributed by atoms with Crippen molar-refractivity contribution in [3.05, 3.63) is 24.3 Å². The van der Waals surface area contributed by atoms with E-state index >= 15 is 0 Å². The fraction of sp³-hybridized carbons (Fsp3) is 0.529. The molecule has 1 heterocycles. The molecule has 1 aliphatic heterocycles. The van der Waals surface area contributed by atoms with Gasteiger partial charge in [-0.3, -0.25) is 9.59 Å². The van der Waals surface area contributed by atoms with Crippen molar-refractivity contribution in [3.8, 4) is 0 Å². The molecule has 4 nitrogen and oxygen atoms in total. The van der Waals surface area contributed by atoms with Crippen LogP contribution in [0.5, 0.6) is 0 Å². The summed E-state index contributed by atoms with van der Waals surface area (Å²) < 4.78 is 0. The molecule has 1 fully saturated rings. The van der Waals surface area contributed by atoms with E-state index in [1.807, 2.05) is 40.6 Å². The number of benzene rings is 1. The molecule has 2 rings (SSSR count). The Balaban J connectivity index is 1.65. The number of amides is 2. The molecule has 1 unspecified atom stereocenters. The van der Waals surface area contributed by atoms with Crippen LogP contribution in [0.4, 0.5) is 11.4 Å². The minimum absolute atomic E-state index is 0.0133.